The van der Waals surface area contributed by atoms with Crippen molar-refractivity contribution in [3.8, 4) is 5.75 Å². The monoisotopic (exact) mass is 251 g/mol. The third kappa shape index (κ3) is 5.19. The van der Waals surface area contributed by atoms with Crippen LogP contribution >= 0.6 is 0 Å². The third-order valence-corrected chi connectivity index (χ3v) is 3.12. The lowest BCUT2D eigenvalue weighted by atomic mass is 10.1. The number of phenols is 1. The predicted octanol–water partition coefficient (Wildman–Crippen LogP) is 2.12. The largest absolute Gasteiger partial charge is 0.508 e. The summed E-state index contributed by atoms with van der Waals surface area (Å²) < 4.78 is 0. The highest BCUT2D eigenvalue weighted by Gasteiger charge is 2.10. The molecule has 2 N–H and O–H groups in total. The Morgan fingerprint density at radius 2 is 1.94 bits per heavy atom. The van der Waals surface area contributed by atoms with Gasteiger partial charge in [-0.25, -0.2) is 0 Å². The number of hydrogen-bond acceptors (Lipinski definition) is 3. The van der Waals surface area contributed by atoms with Crippen molar-refractivity contribution in [2.24, 2.45) is 0 Å². The number of nitrogens with zero attached hydrogens (tertiary/aromatic N) is 1. The van der Waals surface area contributed by atoms with Gasteiger partial charge in [0.2, 0.25) is 0 Å². The highest BCUT2D eigenvalue weighted by Crippen LogP contribution is 2.13. The van der Waals surface area contributed by atoms with Crippen molar-refractivity contribution in [1.82, 2.24) is 4.90 Å². The van der Waals surface area contributed by atoms with Crippen molar-refractivity contribution in [3.05, 3.63) is 29.8 Å². The van der Waals surface area contributed by atoms with Crippen molar-refractivity contribution in [3.63, 3.8) is 0 Å². The van der Waals surface area contributed by atoms with Gasteiger partial charge in [0.25, 0.3) is 0 Å². The van der Waals surface area contributed by atoms with Gasteiger partial charge < -0.3 is 15.1 Å². The number of carboxylic acids is 1. The van der Waals surface area contributed by atoms with Crippen LogP contribution in [0.25, 0.3) is 0 Å². The van der Waals surface area contributed by atoms with Gasteiger partial charge >= 0.3 is 5.97 Å². The van der Waals surface area contributed by atoms with Crippen LogP contribution in [0.5, 0.6) is 5.75 Å². The number of carboxylic acid groups (broad SMARTS) is 1. The second-order valence-corrected chi connectivity index (χ2v) is 4.70. The summed E-state index contributed by atoms with van der Waals surface area (Å²) in [5, 5.41) is 17.8. The molecule has 0 aliphatic rings. The van der Waals surface area contributed by atoms with Crippen LogP contribution < -0.4 is 0 Å². The van der Waals surface area contributed by atoms with E-state index >= 15 is 0 Å². The molecule has 0 aliphatic heterocycles. The molecule has 0 radical (unpaired) electrons. The lowest BCUT2D eigenvalue weighted by Gasteiger charge is -2.24. The molecule has 1 aromatic carbocycles. The van der Waals surface area contributed by atoms with Crippen LogP contribution in [0.15, 0.2) is 24.3 Å². The lowest BCUT2D eigenvalue weighted by Crippen LogP contribution is -2.32. The summed E-state index contributed by atoms with van der Waals surface area (Å²) in [6, 6.07) is 7.55. The van der Waals surface area contributed by atoms with Crippen LogP contribution in [0.2, 0.25) is 0 Å². The smallest absolute Gasteiger partial charge is 0.303 e. The molecule has 0 bridgehead atoms. The number of carbonyl (C=O) groups is 1. The van der Waals surface area contributed by atoms with Crippen molar-refractivity contribution < 1.29 is 15.0 Å². The standard InChI is InChI=1S/C14H21NO3/c1-11(15(2)9-3-4-14(17)18)10-12-5-7-13(16)8-6-12/h5-8,11,16H,3-4,9-10H2,1-2H3,(H,17,18). The van der Waals surface area contributed by atoms with Crippen molar-refractivity contribution >= 4 is 5.97 Å². The number of rotatable bonds is 7. The van der Waals surface area contributed by atoms with E-state index in [1.165, 1.54) is 5.56 Å². The SMILES string of the molecule is CC(Cc1ccc(O)cc1)N(C)CCCC(=O)O. The summed E-state index contributed by atoms with van der Waals surface area (Å²) in [7, 11) is 2.01. The molecule has 0 fully saturated rings. The maximum atomic E-state index is 10.4. The van der Waals surface area contributed by atoms with Gasteiger partial charge in [-0.15, -0.1) is 0 Å². The predicted molar refractivity (Wildman–Crippen MR) is 70.8 cm³/mol. The van der Waals surface area contributed by atoms with Gasteiger partial charge in [0.05, 0.1) is 0 Å². The number of hydrogen-bond donors (Lipinski definition) is 2. The first kappa shape index (κ1) is 14.5. The number of benzene rings is 1. The Balaban J connectivity index is 2.37. The van der Waals surface area contributed by atoms with Crippen molar-refractivity contribution in [2.45, 2.75) is 32.2 Å². The molecule has 0 amide bonds. The minimum atomic E-state index is -0.741. The van der Waals surface area contributed by atoms with E-state index in [2.05, 4.69) is 11.8 Å². The Labute approximate surface area is 108 Å². The maximum Gasteiger partial charge on any atom is 0.303 e. The Kier molecular flexibility index (Phi) is 5.65. The topological polar surface area (TPSA) is 60.8 Å². The zero-order valence-electron chi connectivity index (χ0n) is 11.0. The average molecular weight is 251 g/mol. The van der Waals surface area contributed by atoms with Crippen LogP contribution in [-0.2, 0) is 11.2 Å². The van der Waals surface area contributed by atoms with Crippen molar-refractivity contribution in [2.75, 3.05) is 13.6 Å². The van der Waals surface area contributed by atoms with Crippen LogP contribution in [0.4, 0.5) is 0 Å². The van der Waals surface area contributed by atoms with E-state index in [1.807, 2.05) is 19.2 Å². The third-order valence-electron chi connectivity index (χ3n) is 3.12. The van der Waals surface area contributed by atoms with E-state index in [4.69, 9.17) is 5.11 Å². The molecule has 100 valence electrons. The zero-order chi connectivity index (χ0) is 13.5. The first-order valence-electron chi connectivity index (χ1n) is 6.19. The summed E-state index contributed by atoms with van der Waals surface area (Å²) in [6.45, 7) is 2.90. The van der Waals surface area contributed by atoms with Gasteiger partial charge in [0, 0.05) is 12.5 Å². The maximum absolute atomic E-state index is 10.4. The van der Waals surface area contributed by atoms with Gasteiger partial charge in [0.1, 0.15) is 5.75 Å². The molecular formula is C14H21NO3. The average Bonchev–Trinajstić information content (AvgIpc) is 2.31. The molecule has 0 saturated carbocycles. The lowest BCUT2D eigenvalue weighted by molar-refractivity contribution is -0.137. The first-order chi connectivity index (χ1) is 8.49. The molecule has 1 rings (SSSR count). The fourth-order valence-corrected chi connectivity index (χ4v) is 1.83. The minimum absolute atomic E-state index is 0.219. The quantitative estimate of drug-likeness (QED) is 0.779. The van der Waals surface area contributed by atoms with Gasteiger partial charge in [-0.05, 0) is 51.1 Å². The van der Waals surface area contributed by atoms with Gasteiger partial charge in [0.15, 0.2) is 0 Å². The van der Waals surface area contributed by atoms with E-state index < -0.39 is 5.97 Å². The fraction of sp³-hybridized carbons (Fsp3) is 0.500. The molecule has 0 saturated heterocycles. The highest BCUT2D eigenvalue weighted by atomic mass is 16.4. The zero-order valence-corrected chi connectivity index (χ0v) is 11.0. The molecule has 0 aliphatic carbocycles. The van der Waals surface area contributed by atoms with Gasteiger partial charge in [-0.2, -0.15) is 0 Å². The van der Waals surface area contributed by atoms with Crippen LogP contribution in [-0.4, -0.2) is 40.7 Å². The number of aromatic hydroxyl groups is 1. The number of likely N-dealkylation sites (N-methyl/N-ethyl adjacent to an activating group) is 1. The molecule has 4 nitrogen and oxygen atoms in total. The fourth-order valence-electron chi connectivity index (χ4n) is 1.83. The molecule has 1 atom stereocenters. The number of aliphatic carboxylic acids is 1. The molecule has 1 unspecified atom stereocenters. The molecule has 0 spiro atoms. The second-order valence-electron chi connectivity index (χ2n) is 4.70. The van der Waals surface area contributed by atoms with E-state index in [-0.39, 0.29) is 12.2 Å². The van der Waals surface area contributed by atoms with Crippen molar-refractivity contribution in [1.29, 1.82) is 0 Å². The van der Waals surface area contributed by atoms with E-state index in [1.54, 1.807) is 12.1 Å². The Hall–Kier alpha value is -1.55. The summed E-state index contributed by atoms with van der Waals surface area (Å²) in [5.41, 5.74) is 1.17. The molecule has 18 heavy (non-hydrogen) atoms. The molecular weight excluding hydrogens is 230 g/mol. The molecule has 4 heteroatoms. The minimum Gasteiger partial charge on any atom is -0.508 e. The summed E-state index contributed by atoms with van der Waals surface area (Å²) in [6.07, 6.45) is 1.78. The van der Waals surface area contributed by atoms with E-state index in [9.17, 15) is 9.90 Å². The first-order valence-corrected chi connectivity index (χ1v) is 6.19. The van der Waals surface area contributed by atoms with E-state index in [0.29, 0.717) is 12.5 Å². The molecule has 0 heterocycles. The van der Waals surface area contributed by atoms with Crippen LogP contribution in [0.3, 0.4) is 0 Å². The summed E-state index contributed by atoms with van der Waals surface area (Å²) in [5.74, 6) is -0.462. The second kappa shape index (κ2) is 7.01. The van der Waals surface area contributed by atoms with Gasteiger partial charge in [-0.3, -0.25) is 4.79 Å². The molecule has 1 aromatic rings. The summed E-state index contributed by atoms with van der Waals surface area (Å²) in [4.78, 5) is 12.6. The Bertz CT molecular complexity index is 375. The Morgan fingerprint density at radius 1 is 1.33 bits per heavy atom. The van der Waals surface area contributed by atoms with Crippen LogP contribution in [0.1, 0.15) is 25.3 Å². The molecule has 0 aromatic heterocycles. The summed E-state index contributed by atoms with van der Waals surface area (Å²) >= 11 is 0. The Morgan fingerprint density at radius 3 is 2.50 bits per heavy atom. The van der Waals surface area contributed by atoms with E-state index in [0.717, 1.165) is 13.0 Å². The highest BCUT2D eigenvalue weighted by molar-refractivity contribution is 5.66. The normalized spacial score (nSPS) is 12.6. The van der Waals surface area contributed by atoms with Gasteiger partial charge in [-0.1, -0.05) is 12.1 Å². The number of phenolic OH excluding ortho intramolecular Hbond substituents is 1. The van der Waals surface area contributed by atoms with Crippen LogP contribution in [0, 0.1) is 0 Å².